The summed E-state index contributed by atoms with van der Waals surface area (Å²) in [4.78, 5) is 12.6. The smallest absolute Gasteiger partial charge is 0.407 e. The van der Waals surface area contributed by atoms with Gasteiger partial charge < -0.3 is 15.3 Å². The van der Waals surface area contributed by atoms with Gasteiger partial charge in [0.15, 0.2) is 0 Å². The molecule has 2 N–H and O–H groups in total. The van der Waals surface area contributed by atoms with Gasteiger partial charge in [0.05, 0.1) is 0 Å². The second-order valence-corrected chi connectivity index (χ2v) is 5.30. The van der Waals surface area contributed by atoms with E-state index in [9.17, 15) is 4.79 Å². The minimum atomic E-state index is -0.800. The Morgan fingerprint density at radius 2 is 2.20 bits per heavy atom. The molecule has 1 saturated heterocycles. The molecule has 4 nitrogen and oxygen atoms in total. The third kappa shape index (κ3) is 4.10. The molecule has 1 aliphatic rings. The quantitative estimate of drug-likeness (QED) is 0.868. The van der Waals surface area contributed by atoms with E-state index in [1.165, 1.54) is 11.1 Å². The van der Waals surface area contributed by atoms with Crippen LogP contribution in [0.5, 0.6) is 0 Å². The molecule has 1 atom stereocenters. The van der Waals surface area contributed by atoms with Crippen LogP contribution in [0.1, 0.15) is 25.3 Å². The molecule has 4 heteroatoms. The van der Waals surface area contributed by atoms with Gasteiger partial charge in [0.1, 0.15) is 0 Å². The summed E-state index contributed by atoms with van der Waals surface area (Å²) < 4.78 is 0. The monoisotopic (exact) mass is 274 g/mol. The van der Waals surface area contributed by atoms with Crippen LogP contribution in [0.3, 0.4) is 0 Å². The van der Waals surface area contributed by atoms with Crippen molar-refractivity contribution in [1.29, 1.82) is 0 Å². The van der Waals surface area contributed by atoms with Crippen molar-refractivity contribution in [3.05, 3.63) is 41.5 Å². The zero-order valence-corrected chi connectivity index (χ0v) is 11.9. The standard InChI is InChI=1S/C16H22N2O2/c1-13(10-14-6-3-2-4-7-14)11-17-12-15-8-5-9-18(15)16(19)20/h2-4,6-7,10,15,17H,5,8-9,11-12H2,1H3,(H,19,20)/t15-/m1/s1. The summed E-state index contributed by atoms with van der Waals surface area (Å²) in [6.07, 6.45) is 3.28. The van der Waals surface area contributed by atoms with Crippen LogP contribution in [0.15, 0.2) is 35.9 Å². The normalized spacial score (nSPS) is 19.4. The third-order valence-corrected chi connectivity index (χ3v) is 3.62. The lowest BCUT2D eigenvalue weighted by atomic mass is 10.1. The fourth-order valence-electron chi connectivity index (χ4n) is 2.62. The van der Waals surface area contributed by atoms with Crippen molar-refractivity contribution in [2.75, 3.05) is 19.6 Å². The van der Waals surface area contributed by atoms with Crippen molar-refractivity contribution in [3.63, 3.8) is 0 Å². The van der Waals surface area contributed by atoms with E-state index < -0.39 is 6.09 Å². The molecule has 1 heterocycles. The number of hydrogen-bond donors (Lipinski definition) is 2. The Bertz CT molecular complexity index is 471. The van der Waals surface area contributed by atoms with Gasteiger partial charge in [-0.1, -0.05) is 42.0 Å². The number of hydrogen-bond acceptors (Lipinski definition) is 2. The molecule has 1 aromatic carbocycles. The van der Waals surface area contributed by atoms with Crippen molar-refractivity contribution in [2.24, 2.45) is 0 Å². The average molecular weight is 274 g/mol. The van der Waals surface area contributed by atoms with Crippen molar-refractivity contribution in [3.8, 4) is 0 Å². The summed E-state index contributed by atoms with van der Waals surface area (Å²) in [5.41, 5.74) is 2.44. The molecule has 0 unspecified atom stereocenters. The molecule has 0 spiro atoms. The van der Waals surface area contributed by atoms with Crippen LogP contribution in [0, 0.1) is 0 Å². The maximum atomic E-state index is 11.0. The molecule has 0 radical (unpaired) electrons. The maximum absolute atomic E-state index is 11.0. The van der Waals surface area contributed by atoms with Crippen LogP contribution in [-0.4, -0.2) is 41.8 Å². The Kier molecular flexibility index (Phi) is 5.18. The van der Waals surface area contributed by atoms with E-state index in [0.717, 1.165) is 25.9 Å². The van der Waals surface area contributed by atoms with Gasteiger partial charge in [0, 0.05) is 25.7 Å². The van der Waals surface area contributed by atoms with E-state index in [0.29, 0.717) is 6.54 Å². The summed E-state index contributed by atoms with van der Waals surface area (Å²) in [6.45, 7) is 4.27. The molecule has 1 fully saturated rings. The van der Waals surface area contributed by atoms with Crippen LogP contribution in [0.2, 0.25) is 0 Å². The van der Waals surface area contributed by atoms with E-state index in [1.807, 2.05) is 18.2 Å². The highest BCUT2D eigenvalue weighted by Crippen LogP contribution is 2.16. The fourth-order valence-corrected chi connectivity index (χ4v) is 2.62. The van der Waals surface area contributed by atoms with Crippen molar-refractivity contribution < 1.29 is 9.90 Å². The van der Waals surface area contributed by atoms with Gasteiger partial charge in [-0.3, -0.25) is 0 Å². The molecule has 0 aromatic heterocycles. The number of nitrogens with one attached hydrogen (secondary N) is 1. The van der Waals surface area contributed by atoms with Crippen molar-refractivity contribution in [2.45, 2.75) is 25.8 Å². The van der Waals surface area contributed by atoms with Crippen LogP contribution in [0.4, 0.5) is 4.79 Å². The fraction of sp³-hybridized carbons (Fsp3) is 0.438. The van der Waals surface area contributed by atoms with Crippen molar-refractivity contribution in [1.82, 2.24) is 10.2 Å². The van der Waals surface area contributed by atoms with E-state index in [2.05, 4.69) is 30.4 Å². The van der Waals surface area contributed by atoms with E-state index in [-0.39, 0.29) is 6.04 Å². The Morgan fingerprint density at radius 3 is 2.90 bits per heavy atom. The first-order valence-electron chi connectivity index (χ1n) is 7.09. The van der Waals surface area contributed by atoms with Gasteiger partial charge in [-0.05, 0) is 25.3 Å². The number of carbonyl (C=O) groups is 1. The molecule has 108 valence electrons. The molecular weight excluding hydrogens is 252 g/mol. The molecule has 0 aliphatic carbocycles. The topological polar surface area (TPSA) is 52.6 Å². The van der Waals surface area contributed by atoms with Gasteiger partial charge >= 0.3 is 6.09 Å². The van der Waals surface area contributed by atoms with Crippen LogP contribution < -0.4 is 5.32 Å². The van der Waals surface area contributed by atoms with Gasteiger partial charge in [-0.2, -0.15) is 0 Å². The van der Waals surface area contributed by atoms with E-state index in [1.54, 1.807) is 4.90 Å². The summed E-state index contributed by atoms with van der Waals surface area (Å²) in [5.74, 6) is 0. The highest BCUT2D eigenvalue weighted by Gasteiger charge is 2.27. The van der Waals surface area contributed by atoms with Gasteiger partial charge in [-0.15, -0.1) is 0 Å². The molecule has 1 aliphatic heterocycles. The highest BCUT2D eigenvalue weighted by atomic mass is 16.4. The number of benzene rings is 1. The average Bonchev–Trinajstić information content (AvgIpc) is 2.88. The number of rotatable bonds is 5. The molecule has 1 aromatic rings. The lowest BCUT2D eigenvalue weighted by molar-refractivity contribution is 0.140. The predicted octanol–water partition coefficient (Wildman–Crippen LogP) is 2.82. The Morgan fingerprint density at radius 1 is 1.45 bits per heavy atom. The third-order valence-electron chi connectivity index (χ3n) is 3.62. The molecule has 0 bridgehead atoms. The second-order valence-electron chi connectivity index (χ2n) is 5.30. The van der Waals surface area contributed by atoms with Crippen LogP contribution in [-0.2, 0) is 0 Å². The second kappa shape index (κ2) is 7.10. The lowest BCUT2D eigenvalue weighted by Gasteiger charge is -2.21. The first kappa shape index (κ1) is 14.6. The molecule has 20 heavy (non-hydrogen) atoms. The molecule has 0 saturated carbocycles. The number of carboxylic acid groups (broad SMARTS) is 1. The zero-order valence-electron chi connectivity index (χ0n) is 11.9. The SMILES string of the molecule is CC(=Cc1ccccc1)CNC[C@H]1CCCN1C(=O)O. The zero-order chi connectivity index (χ0) is 14.4. The number of amides is 1. The summed E-state index contributed by atoms with van der Waals surface area (Å²) >= 11 is 0. The number of nitrogens with zero attached hydrogens (tertiary/aromatic N) is 1. The molecular formula is C16H22N2O2. The summed E-state index contributed by atoms with van der Waals surface area (Å²) in [5, 5.41) is 12.4. The molecule has 2 rings (SSSR count). The number of likely N-dealkylation sites (tertiary alicyclic amines) is 1. The summed E-state index contributed by atoms with van der Waals surface area (Å²) in [6, 6.07) is 10.3. The first-order valence-corrected chi connectivity index (χ1v) is 7.09. The Balaban J connectivity index is 1.78. The Hall–Kier alpha value is -1.81. The van der Waals surface area contributed by atoms with Crippen LogP contribution in [0.25, 0.3) is 6.08 Å². The maximum Gasteiger partial charge on any atom is 0.407 e. The lowest BCUT2D eigenvalue weighted by Crippen LogP contribution is -2.41. The summed E-state index contributed by atoms with van der Waals surface area (Å²) in [7, 11) is 0. The van der Waals surface area contributed by atoms with E-state index in [4.69, 9.17) is 5.11 Å². The van der Waals surface area contributed by atoms with Crippen molar-refractivity contribution >= 4 is 12.2 Å². The largest absolute Gasteiger partial charge is 0.465 e. The molecule has 1 amide bonds. The first-order chi connectivity index (χ1) is 9.66. The predicted molar refractivity (Wildman–Crippen MR) is 80.7 cm³/mol. The Labute approximate surface area is 120 Å². The van der Waals surface area contributed by atoms with Gasteiger partial charge in [0.25, 0.3) is 0 Å². The van der Waals surface area contributed by atoms with Gasteiger partial charge in [-0.25, -0.2) is 4.79 Å². The minimum absolute atomic E-state index is 0.122. The van der Waals surface area contributed by atoms with E-state index >= 15 is 0 Å². The van der Waals surface area contributed by atoms with Crippen LogP contribution >= 0.6 is 0 Å². The highest BCUT2D eigenvalue weighted by molar-refractivity contribution is 5.65. The van der Waals surface area contributed by atoms with Gasteiger partial charge in [0.2, 0.25) is 0 Å². The minimum Gasteiger partial charge on any atom is -0.465 e.